The van der Waals surface area contributed by atoms with Gasteiger partial charge in [-0.25, -0.2) is 0 Å². The fourth-order valence-corrected chi connectivity index (χ4v) is 1.55. The molecule has 0 bridgehead atoms. The molecule has 4 heteroatoms. The zero-order valence-electron chi connectivity index (χ0n) is 11.0. The minimum atomic E-state index is -0.0817. The van der Waals surface area contributed by atoms with E-state index >= 15 is 0 Å². The summed E-state index contributed by atoms with van der Waals surface area (Å²) in [7, 11) is 0. The first-order valence-corrected chi connectivity index (χ1v) is 6.37. The Kier molecular flexibility index (Phi) is 7.11. The van der Waals surface area contributed by atoms with Crippen molar-refractivity contribution >= 4 is 17.2 Å². The summed E-state index contributed by atoms with van der Waals surface area (Å²) < 4.78 is 0. The van der Waals surface area contributed by atoms with Gasteiger partial charge in [-0.05, 0) is 33.2 Å². The molecule has 0 aromatic heterocycles. The second-order valence-electron chi connectivity index (χ2n) is 5.21. The van der Waals surface area contributed by atoms with Crippen LogP contribution in [-0.2, 0) is 0 Å². The fourth-order valence-electron chi connectivity index (χ4n) is 1.45. The van der Waals surface area contributed by atoms with Crippen molar-refractivity contribution in [3.05, 3.63) is 0 Å². The standard InChI is InChI=1S/C12H26N2OS/c1-10(2)14(7-5-9-15)8-6-12(3,4)11(13)16/h10,15H,5-9H2,1-4H3,(H2,13,16). The zero-order valence-corrected chi connectivity index (χ0v) is 11.8. The summed E-state index contributed by atoms with van der Waals surface area (Å²) in [5.41, 5.74) is 5.62. The van der Waals surface area contributed by atoms with Gasteiger partial charge in [-0.3, -0.25) is 0 Å². The molecule has 0 unspecified atom stereocenters. The number of nitrogens with zero attached hydrogens (tertiary/aromatic N) is 1. The molecule has 3 nitrogen and oxygen atoms in total. The molecule has 0 aromatic rings. The quantitative estimate of drug-likeness (QED) is 0.641. The molecular weight excluding hydrogens is 220 g/mol. The molecule has 3 N–H and O–H groups in total. The van der Waals surface area contributed by atoms with Crippen molar-refractivity contribution in [2.45, 2.75) is 46.6 Å². The molecule has 96 valence electrons. The van der Waals surface area contributed by atoms with Crippen LogP contribution < -0.4 is 5.73 Å². The lowest BCUT2D eigenvalue weighted by atomic mass is 9.89. The van der Waals surface area contributed by atoms with E-state index < -0.39 is 0 Å². The highest BCUT2D eigenvalue weighted by Crippen LogP contribution is 2.21. The van der Waals surface area contributed by atoms with Crippen LogP contribution in [0.4, 0.5) is 0 Å². The van der Waals surface area contributed by atoms with Crippen LogP contribution in [0.5, 0.6) is 0 Å². The number of aliphatic hydroxyl groups is 1. The van der Waals surface area contributed by atoms with Gasteiger partial charge in [0.1, 0.15) is 0 Å². The van der Waals surface area contributed by atoms with Crippen molar-refractivity contribution < 1.29 is 5.11 Å². The van der Waals surface area contributed by atoms with Gasteiger partial charge in [0.05, 0.1) is 4.99 Å². The molecule has 0 radical (unpaired) electrons. The van der Waals surface area contributed by atoms with E-state index in [-0.39, 0.29) is 12.0 Å². The molecule has 0 rings (SSSR count). The maximum Gasteiger partial charge on any atom is 0.0784 e. The van der Waals surface area contributed by atoms with Gasteiger partial charge in [0, 0.05) is 24.6 Å². The third-order valence-corrected chi connectivity index (χ3v) is 3.58. The lowest BCUT2D eigenvalue weighted by molar-refractivity contribution is 0.178. The van der Waals surface area contributed by atoms with Crippen LogP contribution in [0.25, 0.3) is 0 Å². The molecule has 0 saturated carbocycles. The van der Waals surface area contributed by atoms with E-state index in [2.05, 4.69) is 32.6 Å². The molecule has 0 aliphatic rings. The maximum atomic E-state index is 8.85. The van der Waals surface area contributed by atoms with Crippen molar-refractivity contribution in [1.82, 2.24) is 4.90 Å². The molecule has 0 aliphatic carbocycles. The molecule has 0 atom stereocenters. The Morgan fingerprint density at radius 2 is 1.94 bits per heavy atom. The van der Waals surface area contributed by atoms with Gasteiger partial charge in [0.25, 0.3) is 0 Å². The van der Waals surface area contributed by atoms with E-state index in [9.17, 15) is 0 Å². The highest BCUT2D eigenvalue weighted by atomic mass is 32.1. The van der Waals surface area contributed by atoms with Gasteiger partial charge in [0.2, 0.25) is 0 Å². The molecule has 0 aromatic carbocycles. The predicted octanol–water partition coefficient (Wildman–Crippen LogP) is 1.78. The van der Waals surface area contributed by atoms with Gasteiger partial charge in [-0.2, -0.15) is 0 Å². The molecule has 16 heavy (non-hydrogen) atoms. The highest BCUT2D eigenvalue weighted by Gasteiger charge is 2.22. The van der Waals surface area contributed by atoms with Crippen molar-refractivity contribution in [3.63, 3.8) is 0 Å². The number of nitrogens with two attached hydrogens (primary N) is 1. The average molecular weight is 246 g/mol. The maximum absolute atomic E-state index is 8.85. The number of thiocarbonyl (C=S) groups is 1. The van der Waals surface area contributed by atoms with Crippen molar-refractivity contribution in [3.8, 4) is 0 Å². The van der Waals surface area contributed by atoms with Crippen LogP contribution in [0, 0.1) is 5.41 Å². The van der Waals surface area contributed by atoms with Gasteiger partial charge in [0.15, 0.2) is 0 Å². The molecule has 0 saturated heterocycles. The summed E-state index contributed by atoms with van der Waals surface area (Å²) in [4.78, 5) is 2.94. The summed E-state index contributed by atoms with van der Waals surface area (Å²) in [5, 5.41) is 8.85. The predicted molar refractivity (Wildman–Crippen MR) is 73.6 cm³/mol. The Hall–Kier alpha value is -0.190. The van der Waals surface area contributed by atoms with E-state index in [1.54, 1.807) is 0 Å². The second kappa shape index (κ2) is 7.20. The van der Waals surface area contributed by atoms with Crippen LogP contribution >= 0.6 is 12.2 Å². The Labute approximate surface area is 105 Å². The topological polar surface area (TPSA) is 49.5 Å². The first-order chi connectivity index (χ1) is 7.31. The van der Waals surface area contributed by atoms with E-state index in [0.29, 0.717) is 11.0 Å². The molecule has 0 amide bonds. The van der Waals surface area contributed by atoms with Crippen LogP contribution in [0.2, 0.25) is 0 Å². The first kappa shape index (κ1) is 15.8. The SMILES string of the molecule is CC(C)N(CCCO)CCC(C)(C)C(N)=S. The van der Waals surface area contributed by atoms with Crippen LogP contribution in [-0.4, -0.2) is 40.7 Å². The lowest BCUT2D eigenvalue weighted by Crippen LogP contribution is -2.38. The van der Waals surface area contributed by atoms with Crippen molar-refractivity contribution in [2.75, 3.05) is 19.7 Å². The summed E-state index contributed by atoms with van der Waals surface area (Å²) in [6, 6.07) is 0.494. The highest BCUT2D eigenvalue weighted by molar-refractivity contribution is 7.80. The van der Waals surface area contributed by atoms with Gasteiger partial charge in [-0.15, -0.1) is 0 Å². The third kappa shape index (κ3) is 5.77. The van der Waals surface area contributed by atoms with Gasteiger partial charge in [-0.1, -0.05) is 26.1 Å². The van der Waals surface area contributed by atoms with Crippen LogP contribution in [0.3, 0.4) is 0 Å². The molecule has 0 heterocycles. The summed E-state index contributed by atoms with van der Waals surface area (Å²) >= 11 is 5.06. The Balaban J connectivity index is 4.16. The summed E-state index contributed by atoms with van der Waals surface area (Å²) in [5.74, 6) is 0. The number of hydrogen-bond donors (Lipinski definition) is 2. The molecule has 0 spiro atoms. The van der Waals surface area contributed by atoms with E-state index in [0.717, 1.165) is 25.9 Å². The van der Waals surface area contributed by atoms with E-state index in [1.165, 1.54) is 0 Å². The Morgan fingerprint density at radius 1 is 1.38 bits per heavy atom. The van der Waals surface area contributed by atoms with Crippen molar-refractivity contribution in [1.29, 1.82) is 0 Å². The third-order valence-electron chi connectivity index (χ3n) is 3.02. The minimum absolute atomic E-state index is 0.0817. The average Bonchev–Trinajstić information content (AvgIpc) is 2.16. The second-order valence-corrected chi connectivity index (χ2v) is 5.64. The molecule has 0 fully saturated rings. The Morgan fingerprint density at radius 3 is 2.31 bits per heavy atom. The van der Waals surface area contributed by atoms with Gasteiger partial charge >= 0.3 is 0 Å². The monoisotopic (exact) mass is 246 g/mol. The largest absolute Gasteiger partial charge is 0.396 e. The first-order valence-electron chi connectivity index (χ1n) is 5.96. The lowest BCUT2D eigenvalue weighted by Gasteiger charge is -2.31. The molecule has 0 aliphatic heterocycles. The number of rotatable bonds is 8. The number of aliphatic hydroxyl groups excluding tert-OH is 1. The smallest absolute Gasteiger partial charge is 0.0784 e. The summed E-state index contributed by atoms with van der Waals surface area (Å²) in [6.45, 7) is 10.7. The van der Waals surface area contributed by atoms with Crippen LogP contribution in [0.1, 0.15) is 40.5 Å². The zero-order chi connectivity index (χ0) is 12.8. The number of hydrogen-bond acceptors (Lipinski definition) is 3. The van der Waals surface area contributed by atoms with Gasteiger partial charge < -0.3 is 15.7 Å². The van der Waals surface area contributed by atoms with E-state index in [1.807, 2.05) is 0 Å². The summed E-state index contributed by atoms with van der Waals surface area (Å²) in [6.07, 6.45) is 1.79. The Bertz CT molecular complexity index is 217. The fraction of sp³-hybridized carbons (Fsp3) is 0.917. The minimum Gasteiger partial charge on any atom is -0.396 e. The van der Waals surface area contributed by atoms with E-state index in [4.69, 9.17) is 23.1 Å². The van der Waals surface area contributed by atoms with Crippen molar-refractivity contribution in [2.24, 2.45) is 11.1 Å². The normalized spacial score (nSPS) is 12.4. The van der Waals surface area contributed by atoms with Crippen LogP contribution in [0.15, 0.2) is 0 Å². The molecular formula is C12H26N2OS.